The second-order valence-electron chi connectivity index (χ2n) is 8.37. The highest BCUT2D eigenvalue weighted by atomic mass is 16.1. The smallest absolute Gasteiger partial charge is 0.277 e. The van der Waals surface area contributed by atoms with Gasteiger partial charge in [-0.1, -0.05) is 30.3 Å². The van der Waals surface area contributed by atoms with Gasteiger partial charge in [0.1, 0.15) is 5.82 Å². The second kappa shape index (κ2) is 8.19. The van der Waals surface area contributed by atoms with Crippen molar-refractivity contribution in [2.45, 2.75) is 39.0 Å². The monoisotopic (exact) mass is 428 g/mol. The predicted molar refractivity (Wildman–Crippen MR) is 128 cm³/mol. The molecule has 1 atom stereocenters. The number of benzene rings is 2. The number of nitrogens with one attached hydrogen (secondary N) is 2. The van der Waals surface area contributed by atoms with Crippen molar-refractivity contribution in [1.82, 2.24) is 9.78 Å². The number of nitrogens with zero attached hydrogens (tertiary/aromatic N) is 2. The Morgan fingerprint density at radius 2 is 1.69 bits per heavy atom. The summed E-state index contributed by atoms with van der Waals surface area (Å²) < 4.78 is 1.57. The van der Waals surface area contributed by atoms with E-state index < -0.39 is 0 Å². The first-order chi connectivity index (χ1) is 15.6. The Kier molecular flexibility index (Phi) is 5.21. The Morgan fingerprint density at radius 3 is 2.38 bits per heavy atom. The number of carbonyl (C=O) groups excluding carboxylic acids is 1. The number of hydrogen-bond donors (Lipinski definition) is 2. The largest absolute Gasteiger partial charge is 0.372 e. The lowest BCUT2D eigenvalue weighted by Gasteiger charge is -2.31. The number of anilines is 2. The molecule has 0 spiro atoms. The van der Waals surface area contributed by atoms with E-state index in [9.17, 15) is 9.59 Å². The molecule has 1 aliphatic heterocycles. The summed E-state index contributed by atoms with van der Waals surface area (Å²) >= 11 is 0. The van der Waals surface area contributed by atoms with Gasteiger partial charge in [0.2, 0.25) is 0 Å². The van der Waals surface area contributed by atoms with Crippen LogP contribution in [0.4, 0.5) is 11.5 Å². The Labute approximate surface area is 187 Å². The van der Waals surface area contributed by atoms with Crippen molar-refractivity contribution in [3.8, 4) is 5.69 Å². The molecule has 2 heterocycles. The molecule has 0 fully saturated rings. The van der Waals surface area contributed by atoms with Crippen molar-refractivity contribution >= 4 is 17.3 Å². The van der Waals surface area contributed by atoms with E-state index in [0.29, 0.717) is 17.8 Å². The molecule has 6 heteroatoms. The third-order valence-electron chi connectivity index (χ3n) is 6.61. The van der Waals surface area contributed by atoms with E-state index in [4.69, 9.17) is 0 Å². The van der Waals surface area contributed by atoms with Crippen LogP contribution in [-0.2, 0) is 4.79 Å². The fraction of sp³-hybridized carbons (Fsp3) is 0.308. The average Bonchev–Trinajstić information content (AvgIpc) is 3.16. The summed E-state index contributed by atoms with van der Waals surface area (Å²) in [5.41, 5.74) is 5.06. The summed E-state index contributed by atoms with van der Waals surface area (Å²) in [7, 11) is 0. The highest BCUT2D eigenvalue weighted by Gasteiger charge is 2.38. The zero-order valence-corrected chi connectivity index (χ0v) is 18.5. The molecular weight excluding hydrogens is 400 g/mol. The summed E-state index contributed by atoms with van der Waals surface area (Å²) in [4.78, 5) is 28.9. The Morgan fingerprint density at radius 1 is 0.969 bits per heavy atom. The molecule has 0 saturated carbocycles. The van der Waals surface area contributed by atoms with E-state index >= 15 is 0 Å². The number of H-pyrrole nitrogens is 1. The number of Topliss-reactive ketones (excluding diaryl/α,β-unsaturated/α-hetero) is 1. The van der Waals surface area contributed by atoms with Crippen molar-refractivity contribution in [3.63, 3.8) is 0 Å². The van der Waals surface area contributed by atoms with E-state index in [1.807, 2.05) is 30.3 Å². The third kappa shape index (κ3) is 3.27. The lowest BCUT2D eigenvalue weighted by molar-refractivity contribution is -0.116. The maximum atomic E-state index is 13.6. The van der Waals surface area contributed by atoms with Gasteiger partial charge in [-0.15, -0.1) is 0 Å². The molecule has 0 amide bonds. The van der Waals surface area contributed by atoms with Crippen LogP contribution in [0.1, 0.15) is 50.2 Å². The lowest BCUT2D eigenvalue weighted by atomic mass is 9.77. The minimum Gasteiger partial charge on any atom is -0.372 e. The van der Waals surface area contributed by atoms with Crippen LogP contribution < -0.4 is 15.8 Å². The molecule has 0 bridgehead atoms. The van der Waals surface area contributed by atoms with E-state index in [1.165, 1.54) is 0 Å². The molecule has 2 aliphatic rings. The first kappa shape index (κ1) is 20.4. The average molecular weight is 429 g/mol. The molecule has 2 N–H and O–H groups in total. The summed E-state index contributed by atoms with van der Waals surface area (Å²) in [6.45, 7) is 6.14. The van der Waals surface area contributed by atoms with E-state index in [0.717, 1.165) is 54.1 Å². The quantitative estimate of drug-likeness (QED) is 0.624. The van der Waals surface area contributed by atoms with E-state index in [2.05, 4.69) is 53.4 Å². The van der Waals surface area contributed by atoms with Crippen LogP contribution in [0.2, 0.25) is 0 Å². The molecule has 3 aromatic rings. The minimum atomic E-state index is -0.367. The Balaban J connectivity index is 1.66. The molecule has 164 valence electrons. The standard InChI is InChI=1S/C26H28N4O2/c1-3-29(4-2)18-15-13-17(14-16-18)22-23-20(11-8-12-21(23)31)27-25-24(22)26(32)30(28-25)19-9-6-5-7-10-19/h5-7,9-10,13-16,22,27-28H,3-4,8,11-12H2,1-2H3. The Bertz CT molecular complexity index is 1230. The van der Waals surface area contributed by atoms with Gasteiger partial charge in [0, 0.05) is 42.4 Å². The van der Waals surface area contributed by atoms with Gasteiger partial charge in [0.25, 0.3) is 5.56 Å². The lowest BCUT2D eigenvalue weighted by Crippen LogP contribution is -2.30. The summed E-state index contributed by atoms with van der Waals surface area (Å²) in [5, 5.41) is 6.64. The molecule has 0 saturated heterocycles. The molecule has 6 nitrogen and oxygen atoms in total. The fourth-order valence-corrected chi connectivity index (χ4v) is 5.00. The van der Waals surface area contributed by atoms with Crippen molar-refractivity contribution in [1.29, 1.82) is 0 Å². The van der Waals surface area contributed by atoms with Gasteiger partial charge in [-0.25, -0.2) is 4.68 Å². The van der Waals surface area contributed by atoms with E-state index in [-0.39, 0.29) is 17.3 Å². The van der Waals surface area contributed by atoms with Crippen molar-refractivity contribution in [2.24, 2.45) is 0 Å². The normalized spacial score (nSPS) is 17.6. The number of aromatic amines is 1. The Hall–Kier alpha value is -3.54. The van der Waals surface area contributed by atoms with Gasteiger partial charge < -0.3 is 10.2 Å². The zero-order valence-electron chi connectivity index (χ0n) is 18.5. The summed E-state index contributed by atoms with van der Waals surface area (Å²) in [6.07, 6.45) is 2.17. The minimum absolute atomic E-state index is 0.124. The maximum absolute atomic E-state index is 13.6. The van der Waals surface area contributed by atoms with Gasteiger partial charge in [-0.05, 0) is 56.5 Å². The highest BCUT2D eigenvalue weighted by molar-refractivity contribution is 6.00. The topological polar surface area (TPSA) is 70.1 Å². The van der Waals surface area contributed by atoms with Gasteiger partial charge >= 0.3 is 0 Å². The highest BCUT2D eigenvalue weighted by Crippen LogP contribution is 2.43. The fourth-order valence-electron chi connectivity index (χ4n) is 5.00. The molecule has 1 unspecified atom stereocenters. The molecule has 5 rings (SSSR count). The SMILES string of the molecule is CCN(CC)c1ccc(C2C3=C(CCCC3=O)Nc3[nH]n(-c4ccccc4)c(=O)c32)cc1. The van der Waals surface area contributed by atoms with Crippen LogP contribution in [0.3, 0.4) is 0 Å². The van der Waals surface area contributed by atoms with Crippen LogP contribution in [0.15, 0.2) is 70.7 Å². The van der Waals surface area contributed by atoms with Gasteiger partial charge in [0.05, 0.1) is 11.3 Å². The van der Waals surface area contributed by atoms with Crippen LogP contribution >= 0.6 is 0 Å². The number of aromatic nitrogens is 2. The van der Waals surface area contributed by atoms with E-state index in [1.54, 1.807) is 4.68 Å². The van der Waals surface area contributed by atoms with Crippen molar-refractivity contribution in [2.75, 3.05) is 23.3 Å². The number of rotatable bonds is 5. The molecule has 2 aromatic carbocycles. The van der Waals surface area contributed by atoms with Gasteiger partial charge in [0.15, 0.2) is 5.78 Å². The first-order valence-electron chi connectivity index (χ1n) is 11.4. The molecular formula is C26H28N4O2. The number of ketones is 1. The number of fused-ring (bicyclic) bond motifs is 1. The summed E-state index contributed by atoms with van der Waals surface area (Å²) in [6, 6.07) is 17.9. The van der Waals surface area contributed by atoms with Gasteiger partial charge in [-0.2, -0.15) is 0 Å². The number of para-hydroxylation sites is 1. The number of carbonyl (C=O) groups is 1. The second-order valence-corrected chi connectivity index (χ2v) is 8.37. The number of hydrogen-bond acceptors (Lipinski definition) is 4. The molecule has 1 aliphatic carbocycles. The summed E-state index contributed by atoms with van der Waals surface area (Å²) in [5.74, 6) is 0.452. The van der Waals surface area contributed by atoms with Crippen molar-refractivity contribution in [3.05, 3.63) is 87.3 Å². The zero-order chi connectivity index (χ0) is 22.2. The van der Waals surface area contributed by atoms with Crippen LogP contribution in [0.5, 0.6) is 0 Å². The van der Waals surface area contributed by atoms with Gasteiger partial charge in [-0.3, -0.25) is 14.7 Å². The van der Waals surface area contributed by atoms with Crippen LogP contribution in [-0.4, -0.2) is 28.7 Å². The molecule has 32 heavy (non-hydrogen) atoms. The first-order valence-corrected chi connectivity index (χ1v) is 11.4. The third-order valence-corrected chi connectivity index (χ3v) is 6.61. The molecule has 0 radical (unpaired) electrons. The van der Waals surface area contributed by atoms with Crippen molar-refractivity contribution < 1.29 is 4.79 Å². The predicted octanol–water partition coefficient (Wildman–Crippen LogP) is 4.58. The molecule has 1 aromatic heterocycles. The number of allylic oxidation sites excluding steroid dienone is 2. The maximum Gasteiger partial charge on any atom is 0.277 e. The van der Waals surface area contributed by atoms with Crippen LogP contribution in [0.25, 0.3) is 5.69 Å². The van der Waals surface area contributed by atoms with Crippen LogP contribution in [0, 0.1) is 0 Å².